The third kappa shape index (κ3) is 5.34. The predicted octanol–water partition coefficient (Wildman–Crippen LogP) is 17.6. The summed E-state index contributed by atoms with van der Waals surface area (Å²) in [4.78, 5) is 0. The van der Waals surface area contributed by atoms with Gasteiger partial charge < -0.3 is 22.7 Å². The van der Waals surface area contributed by atoms with E-state index in [0.717, 1.165) is 66.8 Å². The third-order valence-electron chi connectivity index (χ3n) is 15.1. The van der Waals surface area contributed by atoms with E-state index in [1.807, 2.05) is 0 Å². The zero-order chi connectivity index (χ0) is 46.3. The molecule has 330 valence electrons. The summed E-state index contributed by atoms with van der Waals surface area (Å²) in [6, 6.07) is 88.3. The number of hydrogen-bond donors (Lipinski definition) is 0. The molecule has 0 aliphatic carbocycles. The van der Waals surface area contributed by atoms with Crippen LogP contribution in [0.4, 0.5) is 0 Å². The van der Waals surface area contributed by atoms with E-state index < -0.39 is 0 Å². The van der Waals surface area contributed by atoms with Crippen molar-refractivity contribution in [3.8, 4) is 33.9 Å². The van der Waals surface area contributed by atoms with Gasteiger partial charge in [-0.25, -0.2) is 0 Å². The van der Waals surface area contributed by atoms with Gasteiger partial charge in [0.25, 0.3) is 0 Å². The maximum atomic E-state index is 6.83. The molecule has 5 heterocycles. The molecular formula is C66H40N4O. The number of rotatable bonds is 5. The highest BCUT2D eigenvalue weighted by Gasteiger charge is 2.22. The summed E-state index contributed by atoms with van der Waals surface area (Å²) in [5.41, 5.74) is 18.0. The van der Waals surface area contributed by atoms with E-state index in [-0.39, 0.29) is 0 Å². The molecule has 5 heteroatoms. The summed E-state index contributed by atoms with van der Waals surface area (Å²) in [6.45, 7) is 0. The van der Waals surface area contributed by atoms with Crippen molar-refractivity contribution in [1.29, 1.82) is 0 Å². The maximum Gasteiger partial charge on any atom is 0.137 e. The second-order valence-electron chi connectivity index (χ2n) is 18.8. The first-order valence-corrected chi connectivity index (χ1v) is 24.3. The number of hydrogen-bond acceptors (Lipinski definition) is 1. The van der Waals surface area contributed by atoms with Crippen LogP contribution in [-0.4, -0.2) is 18.3 Å². The van der Waals surface area contributed by atoms with Crippen molar-refractivity contribution < 1.29 is 4.42 Å². The first-order chi connectivity index (χ1) is 35.2. The lowest BCUT2D eigenvalue weighted by Gasteiger charge is -2.12. The normalized spacial score (nSPS) is 12.2. The molecule has 0 spiro atoms. The van der Waals surface area contributed by atoms with Gasteiger partial charge >= 0.3 is 0 Å². The van der Waals surface area contributed by atoms with Crippen LogP contribution in [0.15, 0.2) is 247 Å². The van der Waals surface area contributed by atoms with Crippen LogP contribution in [0.2, 0.25) is 0 Å². The smallest absolute Gasteiger partial charge is 0.137 e. The average molecular weight is 905 g/mol. The molecule has 0 amide bonds. The molecule has 16 rings (SSSR count). The molecule has 71 heavy (non-hydrogen) atoms. The summed E-state index contributed by atoms with van der Waals surface area (Å²) in [6.07, 6.45) is 0. The predicted molar refractivity (Wildman–Crippen MR) is 297 cm³/mol. The molecule has 0 aliphatic heterocycles. The van der Waals surface area contributed by atoms with Gasteiger partial charge in [0.2, 0.25) is 0 Å². The number of furan rings is 1. The summed E-state index contributed by atoms with van der Waals surface area (Å²) < 4.78 is 16.5. The molecule has 0 unspecified atom stereocenters. The Morgan fingerprint density at radius 3 is 1.41 bits per heavy atom. The molecule has 0 atom stereocenters. The van der Waals surface area contributed by atoms with Crippen LogP contribution in [0.5, 0.6) is 0 Å². The van der Waals surface area contributed by atoms with Gasteiger partial charge in [-0.1, -0.05) is 133 Å². The number of aromatic nitrogens is 4. The van der Waals surface area contributed by atoms with Crippen molar-refractivity contribution in [1.82, 2.24) is 18.3 Å². The number of para-hydroxylation sites is 6. The summed E-state index contributed by atoms with van der Waals surface area (Å²) >= 11 is 0. The van der Waals surface area contributed by atoms with Gasteiger partial charge in [0.15, 0.2) is 0 Å². The average Bonchev–Trinajstić information content (AvgIpc) is 4.23. The minimum absolute atomic E-state index is 0.859. The van der Waals surface area contributed by atoms with E-state index in [2.05, 4.69) is 261 Å². The largest absolute Gasteiger partial charge is 0.456 e. The van der Waals surface area contributed by atoms with Crippen molar-refractivity contribution in [2.45, 2.75) is 0 Å². The Balaban J connectivity index is 0.847. The lowest BCUT2D eigenvalue weighted by molar-refractivity contribution is 0.668. The Hall–Kier alpha value is -9.58. The maximum absolute atomic E-state index is 6.83. The van der Waals surface area contributed by atoms with E-state index in [9.17, 15) is 0 Å². The number of benzene rings is 11. The molecule has 5 aromatic heterocycles. The first-order valence-electron chi connectivity index (χ1n) is 24.3. The Labute approximate surface area is 406 Å². The quantitative estimate of drug-likeness (QED) is 0.169. The van der Waals surface area contributed by atoms with Gasteiger partial charge in [0, 0.05) is 77.0 Å². The van der Waals surface area contributed by atoms with Crippen molar-refractivity contribution in [3.63, 3.8) is 0 Å². The van der Waals surface area contributed by atoms with Crippen LogP contribution < -0.4 is 0 Å². The molecule has 0 N–H and O–H groups in total. The van der Waals surface area contributed by atoms with Gasteiger partial charge in [-0.2, -0.15) is 0 Å². The Morgan fingerprint density at radius 1 is 0.239 bits per heavy atom. The van der Waals surface area contributed by atoms with E-state index in [1.165, 1.54) is 76.2 Å². The van der Waals surface area contributed by atoms with Gasteiger partial charge in [-0.15, -0.1) is 0 Å². The SMILES string of the molecule is c1ccc(-n2c3ccccc3c3c(-n4c5ccccc5c5cc(-c6cccc7oc8cc(-n9c%10ccccc%10c%10cc(-n%11c%12ccccc%12c%12ccccc%12%11)ccc%109)ccc8c67)ccc54)cccc32)cc1. The van der Waals surface area contributed by atoms with Crippen molar-refractivity contribution in [2.75, 3.05) is 0 Å². The highest BCUT2D eigenvalue weighted by atomic mass is 16.3. The highest BCUT2D eigenvalue weighted by Crippen LogP contribution is 2.44. The standard InChI is InChI=1S/C66H40N4O/c1-2-16-42(17-3-1)67-58-28-13-8-22-50(58)66-61(67)29-15-30-62(66)70-57-27-12-7-20-48(57)52-38-41(32-36-60(52)70)45-23-14-31-63-65(45)51-35-33-44(40-64(51)71-63)69-56-26-11-6-21-49(56)53-39-43(34-37-59(53)69)68-54-24-9-4-18-46(54)47-19-5-10-25-55(47)68/h1-40H. The van der Waals surface area contributed by atoms with Gasteiger partial charge in [0.1, 0.15) is 11.2 Å². The topological polar surface area (TPSA) is 32.9 Å². The molecule has 0 radical (unpaired) electrons. The fraction of sp³-hybridized carbons (Fsp3) is 0. The lowest BCUT2D eigenvalue weighted by atomic mass is 9.98. The Bertz CT molecular complexity index is 4830. The van der Waals surface area contributed by atoms with E-state index in [4.69, 9.17) is 4.42 Å². The summed E-state index contributed by atoms with van der Waals surface area (Å²) in [5, 5.41) is 12.0. The summed E-state index contributed by atoms with van der Waals surface area (Å²) in [7, 11) is 0. The Morgan fingerprint density at radius 2 is 0.718 bits per heavy atom. The van der Waals surface area contributed by atoms with Gasteiger partial charge in [0.05, 0.1) is 49.8 Å². The molecule has 0 aliphatic rings. The van der Waals surface area contributed by atoms with E-state index in [1.54, 1.807) is 0 Å². The zero-order valence-corrected chi connectivity index (χ0v) is 38.3. The molecule has 0 fully saturated rings. The third-order valence-corrected chi connectivity index (χ3v) is 15.1. The highest BCUT2D eigenvalue weighted by molar-refractivity contribution is 6.19. The van der Waals surface area contributed by atoms with E-state index >= 15 is 0 Å². The molecule has 16 aromatic rings. The van der Waals surface area contributed by atoms with Crippen LogP contribution >= 0.6 is 0 Å². The van der Waals surface area contributed by atoms with E-state index in [0.29, 0.717) is 0 Å². The lowest BCUT2D eigenvalue weighted by Crippen LogP contribution is -1.96. The van der Waals surface area contributed by atoms with Crippen molar-refractivity contribution >= 4 is 109 Å². The number of fused-ring (bicyclic) bond motifs is 15. The number of nitrogens with zero attached hydrogens (tertiary/aromatic N) is 4. The fourth-order valence-electron chi connectivity index (χ4n) is 12.2. The Kier molecular flexibility index (Phi) is 7.82. The van der Waals surface area contributed by atoms with Gasteiger partial charge in [-0.3, -0.25) is 0 Å². The van der Waals surface area contributed by atoms with Crippen LogP contribution in [0.25, 0.3) is 143 Å². The fourth-order valence-corrected chi connectivity index (χ4v) is 12.2. The van der Waals surface area contributed by atoms with Gasteiger partial charge in [-0.05, 0) is 114 Å². The molecule has 0 saturated heterocycles. The monoisotopic (exact) mass is 904 g/mol. The second kappa shape index (κ2) is 14.5. The minimum atomic E-state index is 0.859. The van der Waals surface area contributed by atoms with Crippen LogP contribution in [0.1, 0.15) is 0 Å². The molecule has 5 nitrogen and oxygen atoms in total. The zero-order valence-electron chi connectivity index (χ0n) is 38.3. The minimum Gasteiger partial charge on any atom is -0.456 e. The van der Waals surface area contributed by atoms with Crippen LogP contribution in [-0.2, 0) is 0 Å². The molecular weight excluding hydrogens is 865 g/mol. The van der Waals surface area contributed by atoms with Crippen LogP contribution in [0.3, 0.4) is 0 Å². The first kappa shape index (κ1) is 38.4. The van der Waals surface area contributed by atoms with Crippen LogP contribution in [0, 0.1) is 0 Å². The molecule has 0 bridgehead atoms. The van der Waals surface area contributed by atoms with Crippen molar-refractivity contribution in [2.24, 2.45) is 0 Å². The second-order valence-corrected chi connectivity index (χ2v) is 18.8. The molecule has 0 saturated carbocycles. The molecule has 11 aromatic carbocycles. The van der Waals surface area contributed by atoms with Crippen molar-refractivity contribution in [3.05, 3.63) is 243 Å². The summed E-state index contributed by atoms with van der Waals surface area (Å²) in [5.74, 6) is 0.